The second-order valence-corrected chi connectivity index (χ2v) is 6.74. The Balaban J connectivity index is 2.75. The zero-order chi connectivity index (χ0) is 15.9. The number of nitrogens with zero attached hydrogens (tertiary/aromatic N) is 1. The Morgan fingerprint density at radius 1 is 1.29 bits per heavy atom. The second kappa shape index (κ2) is 8.11. The number of hydrogen-bond donors (Lipinski definition) is 1. The van der Waals surface area contributed by atoms with Crippen LogP contribution in [0.5, 0.6) is 0 Å². The molecule has 6 nitrogen and oxygen atoms in total. The van der Waals surface area contributed by atoms with Crippen molar-refractivity contribution in [1.29, 1.82) is 0 Å². The van der Waals surface area contributed by atoms with E-state index in [1.54, 1.807) is 18.2 Å². The minimum atomic E-state index is -3.52. The van der Waals surface area contributed by atoms with Gasteiger partial charge in [0.25, 0.3) is 0 Å². The smallest absolute Gasteiger partial charge is 0.242 e. The van der Waals surface area contributed by atoms with Gasteiger partial charge in [0.15, 0.2) is 0 Å². The highest BCUT2D eigenvalue weighted by Crippen LogP contribution is 2.18. The number of sulfonamides is 1. The van der Waals surface area contributed by atoms with Crippen molar-refractivity contribution in [1.82, 2.24) is 9.62 Å². The third-order valence-electron chi connectivity index (χ3n) is 2.88. The molecule has 7 heteroatoms. The van der Waals surface area contributed by atoms with Crippen LogP contribution in [0.15, 0.2) is 29.2 Å². The van der Waals surface area contributed by atoms with Gasteiger partial charge in [-0.15, -0.1) is 0 Å². The first-order chi connectivity index (χ1) is 9.89. The first kappa shape index (κ1) is 17.6. The topological polar surface area (TPSA) is 75.7 Å². The molecular formula is C14H22N2O4S. The van der Waals surface area contributed by atoms with Crippen molar-refractivity contribution in [3.63, 3.8) is 0 Å². The predicted molar refractivity (Wildman–Crippen MR) is 80.3 cm³/mol. The SMILES string of the molecule is CCOCCC(=O)NCc1ccccc1S(=O)(=O)N(C)C. The summed E-state index contributed by atoms with van der Waals surface area (Å²) < 4.78 is 30.7. The molecule has 0 aliphatic carbocycles. The van der Waals surface area contributed by atoms with E-state index in [-0.39, 0.29) is 23.8 Å². The van der Waals surface area contributed by atoms with Gasteiger partial charge in [-0.25, -0.2) is 12.7 Å². The van der Waals surface area contributed by atoms with Gasteiger partial charge in [0.1, 0.15) is 0 Å². The lowest BCUT2D eigenvalue weighted by Crippen LogP contribution is -2.27. The maximum absolute atomic E-state index is 12.2. The van der Waals surface area contributed by atoms with Crippen LogP contribution in [-0.2, 0) is 26.1 Å². The molecule has 0 unspecified atom stereocenters. The molecule has 21 heavy (non-hydrogen) atoms. The van der Waals surface area contributed by atoms with E-state index >= 15 is 0 Å². The summed E-state index contributed by atoms with van der Waals surface area (Å²) in [7, 11) is -0.561. The Hall–Kier alpha value is -1.44. The molecule has 1 aromatic rings. The molecule has 1 N–H and O–H groups in total. The lowest BCUT2D eigenvalue weighted by Gasteiger charge is -2.15. The zero-order valence-electron chi connectivity index (χ0n) is 12.6. The van der Waals surface area contributed by atoms with Crippen LogP contribution in [0, 0.1) is 0 Å². The fourth-order valence-corrected chi connectivity index (χ4v) is 2.81. The van der Waals surface area contributed by atoms with Gasteiger partial charge in [0.05, 0.1) is 11.5 Å². The molecule has 0 aliphatic heterocycles. The Kier molecular flexibility index (Phi) is 6.80. The number of carbonyl (C=O) groups is 1. The lowest BCUT2D eigenvalue weighted by atomic mass is 10.2. The summed E-state index contributed by atoms with van der Waals surface area (Å²) in [6, 6.07) is 6.64. The van der Waals surface area contributed by atoms with E-state index in [9.17, 15) is 13.2 Å². The van der Waals surface area contributed by atoms with E-state index in [1.165, 1.54) is 20.2 Å². The summed E-state index contributed by atoms with van der Waals surface area (Å²) in [6.45, 7) is 2.96. The van der Waals surface area contributed by atoms with Crippen LogP contribution in [0.25, 0.3) is 0 Å². The first-order valence-electron chi connectivity index (χ1n) is 6.74. The van der Waals surface area contributed by atoms with Gasteiger partial charge in [-0.3, -0.25) is 4.79 Å². The van der Waals surface area contributed by atoms with Crippen LogP contribution < -0.4 is 5.32 Å². The number of amides is 1. The number of nitrogens with one attached hydrogen (secondary N) is 1. The number of ether oxygens (including phenoxy) is 1. The van der Waals surface area contributed by atoms with Gasteiger partial charge in [0.2, 0.25) is 15.9 Å². The van der Waals surface area contributed by atoms with Crippen molar-refractivity contribution < 1.29 is 17.9 Å². The third-order valence-corrected chi connectivity index (χ3v) is 4.80. The molecule has 1 amide bonds. The second-order valence-electron chi connectivity index (χ2n) is 4.62. The molecule has 0 fully saturated rings. The highest BCUT2D eigenvalue weighted by atomic mass is 32.2. The Morgan fingerprint density at radius 3 is 2.57 bits per heavy atom. The monoisotopic (exact) mass is 314 g/mol. The van der Waals surface area contributed by atoms with E-state index in [4.69, 9.17) is 4.74 Å². The first-order valence-corrected chi connectivity index (χ1v) is 8.18. The number of benzene rings is 1. The van der Waals surface area contributed by atoms with E-state index in [2.05, 4.69) is 5.32 Å². The fraction of sp³-hybridized carbons (Fsp3) is 0.500. The van der Waals surface area contributed by atoms with Crippen LogP contribution >= 0.6 is 0 Å². The highest BCUT2D eigenvalue weighted by Gasteiger charge is 2.20. The summed E-state index contributed by atoms with van der Waals surface area (Å²) in [5.41, 5.74) is 0.566. The molecule has 1 rings (SSSR count). The van der Waals surface area contributed by atoms with Crippen LogP contribution in [0.3, 0.4) is 0 Å². The maximum Gasteiger partial charge on any atom is 0.242 e. The summed E-state index contributed by atoms with van der Waals surface area (Å²) in [5, 5.41) is 2.71. The minimum Gasteiger partial charge on any atom is -0.381 e. The van der Waals surface area contributed by atoms with Gasteiger partial charge in [-0.2, -0.15) is 0 Å². The standard InChI is InChI=1S/C14H22N2O4S/c1-4-20-10-9-14(17)15-11-12-7-5-6-8-13(12)21(18,19)16(2)3/h5-8H,4,9-11H2,1-3H3,(H,15,17). The van der Waals surface area contributed by atoms with Crippen molar-refractivity contribution >= 4 is 15.9 Å². The van der Waals surface area contributed by atoms with Gasteiger partial charge in [-0.05, 0) is 18.6 Å². The van der Waals surface area contributed by atoms with Crippen molar-refractivity contribution in [2.45, 2.75) is 24.8 Å². The van der Waals surface area contributed by atoms with Gasteiger partial charge >= 0.3 is 0 Å². The molecule has 1 aromatic carbocycles. The van der Waals surface area contributed by atoms with Gasteiger partial charge < -0.3 is 10.1 Å². The van der Waals surface area contributed by atoms with Crippen LogP contribution in [0.4, 0.5) is 0 Å². The quantitative estimate of drug-likeness (QED) is 0.726. The average molecular weight is 314 g/mol. The number of carbonyl (C=O) groups excluding carboxylic acids is 1. The van der Waals surface area contributed by atoms with Crippen molar-refractivity contribution in [2.24, 2.45) is 0 Å². The largest absolute Gasteiger partial charge is 0.381 e. The summed E-state index contributed by atoms with van der Waals surface area (Å²) >= 11 is 0. The van der Waals surface area contributed by atoms with Gasteiger partial charge in [0, 0.05) is 33.7 Å². The van der Waals surface area contributed by atoms with Gasteiger partial charge in [-0.1, -0.05) is 18.2 Å². The highest BCUT2D eigenvalue weighted by molar-refractivity contribution is 7.89. The Bertz CT molecular complexity index is 570. The van der Waals surface area contributed by atoms with E-state index < -0.39 is 10.0 Å². The molecule has 0 spiro atoms. The normalized spacial score (nSPS) is 11.6. The molecule has 0 saturated heterocycles. The molecular weight excluding hydrogens is 292 g/mol. The van der Waals surface area contributed by atoms with E-state index in [0.717, 1.165) is 4.31 Å². The maximum atomic E-state index is 12.2. The fourth-order valence-electron chi connectivity index (χ4n) is 1.69. The van der Waals surface area contributed by atoms with Crippen molar-refractivity contribution in [2.75, 3.05) is 27.3 Å². The molecule has 0 aromatic heterocycles. The molecule has 0 bridgehead atoms. The van der Waals surface area contributed by atoms with Crippen molar-refractivity contribution in [3.05, 3.63) is 29.8 Å². The molecule has 0 radical (unpaired) electrons. The van der Waals surface area contributed by atoms with Crippen LogP contribution in [-0.4, -0.2) is 45.9 Å². The van der Waals surface area contributed by atoms with Crippen LogP contribution in [0.1, 0.15) is 18.9 Å². The zero-order valence-corrected chi connectivity index (χ0v) is 13.4. The average Bonchev–Trinajstić information content (AvgIpc) is 2.45. The number of hydrogen-bond acceptors (Lipinski definition) is 4. The molecule has 0 aliphatic rings. The molecule has 118 valence electrons. The Labute approximate surface area is 126 Å². The Morgan fingerprint density at radius 2 is 1.95 bits per heavy atom. The molecule has 0 heterocycles. The summed E-state index contributed by atoms with van der Waals surface area (Å²) in [6.07, 6.45) is 0.260. The molecule has 0 saturated carbocycles. The number of rotatable bonds is 8. The summed E-state index contributed by atoms with van der Waals surface area (Å²) in [4.78, 5) is 11.8. The molecule has 0 atom stereocenters. The minimum absolute atomic E-state index is 0.166. The summed E-state index contributed by atoms with van der Waals surface area (Å²) in [5.74, 6) is -0.166. The van der Waals surface area contributed by atoms with Crippen molar-refractivity contribution in [3.8, 4) is 0 Å². The lowest BCUT2D eigenvalue weighted by molar-refractivity contribution is -0.122. The third kappa shape index (κ3) is 5.11. The predicted octanol–water partition coefficient (Wildman–Crippen LogP) is 0.980. The van der Waals surface area contributed by atoms with E-state index in [1.807, 2.05) is 6.92 Å². The van der Waals surface area contributed by atoms with E-state index in [0.29, 0.717) is 18.8 Å². The van der Waals surface area contributed by atoms with Crippen LogP contribution in [0.2, 0.25) is 0 Å².